The van der Waals surface area contributed by atoms with Crippen molar-refractivity contribution in [2.75, 3.05) is 0 Å². The van der Waals surface area contributed by atoms with E-state index in [0.717, 1.165) is 0 Å². The van der Waals surface area contributed by atoms with Crippen LogP contribution in [0.3, 0.4) is 0 Å². The molecule has 50 valence electrons. The van der Waals surface area contributed by atoms with Crippen LogP contribution in [0.1, 0.15) is 20.8 Å². The number of rotatable bonds is 1. The third-order valence-electron chi connectivity index (χ3n) is 0.841. The van der Waals surface area contributed by atoms with Gasteiger partial charge in [-0.15, -0.1) is 0 Å². The summed E-state index contributed by atoms with van der Waals surface area (Å²) in [6, 6.07) is 0. The highest BCUT2D eigenvalue weighted by molar-refractivity contribution is 4.62. The minimum Gasteiger partial charge on any atom is -0.365 e. The molecule has 3 heteroatoms. The van der Waals surface area contributed by atoms with E-state index in [1.54, 1.807) is 20.8 Å². The molecule has 0 saturated heterocycles. The van der Waals surface area contributed by atoms with E-state index in [9.17, 15) is 0 Å². The second-order valence-corrected chi connectivity index (χ2v) is 2.82. The van der Waals surface area contributed by atoms with Crippen molar-refractivity contribution in [1.82, 2.24) is 0 Å². The first kappa shape index (κ1) is 7.88. The minimum atomic E-state index is -1.09. The molecular weight excluding hydrogens is 108 g/mol. The van der Waals surface area contributed by atoms with Gasteiger partial charge in [0, 0.05) is 5.41 Å². The maximum Gasteiger partial charge on any atom is 0.193 e. The Bertz CT molecular complexity index is 64.6. The zero-order valence-electron chi connectivity index (χ0n) is 5.38. The molecule has 8 heavy (non-hydrogen) atoms. The first-order valence-electron chi connectivity index (χ1n) is 2.47. The zero-order valence-corrected chi connectivity index (χ0v) is 5.38. The largest absolute Gasteiger partial charge is 0.365 e. The van der Waals surface area contributed by atoms with Crippen LogP contribution >= 0.6 is 0 Å². The molecule has 1 unspecified atom stereocenters. The molecule has 0 radical (unpaired) electrons. The van der Waals surface area contributed by atoms with E-state index in [0.29, 0.717) is 0 Å². The van der Waals surface area contributed by atoms with Gasteiger partial charge in [0.2, 0.25) is 0 Å². The van der Waals surface area contributed by atoms with Crippen molar-refractivity contribution in [2.24, 2.45) is 5.41 Å². The van der Waals surface area contributed by atoms with Crippen LogP contribution in [-0.4, -0.2) is 16.7 Å². The molecule has 0 aliphatic rings. The first-order valence-corrected chi connectivity index (χ1v) is 2.47. The Labute approximate surface area is 48.8 Å². The SMILES string of the molecule is CC(C)(C)C(O)OO. The summed E-state index contributed by atoms with van der Waals surface area (Å²) in [5.41, 5.74) is -0.408. The summed E-state index contributed by atoms with van der Waals surface area (Å²) < 4.78 is 0. The molecule has 0 heterocycles. The lowest BCUT2D eigenvalue weighted by molar-refractivity contribution is -0.358. The van der Waals surface area contributed by atoms with Crippen LogP contribution in [0.4, 0.5) is 0 Å². The van der Waals surface area contributed by atoms with Gasteiger partial charge >= 0.3 is 0 Å². The Balaban J connectivity index is 3.62. The number of hydrogen-bond acceptors (Lipinski definition) is 3. The van der Waals surface area contributed by atoms with Crippen molar-refractivity contribution in [2.45, 2.75) is 27.1 Å². The molecule has 0 aromatic heterocycles. The van der Waals surface area contributed by atoms with Gasteiger partial charge in [-0.05, 0) is 0 Å². The minimum absolute atomic E-state index is 0.408. The van der Waals surface area contributed by atoms with Crippen LogP contribution in [-0.2, 0) is 4.89 Å². The van der Waals surface area contributed by atoms with Crippen LogP contribution in [0.25, 0.3) is 0 Å². The maximum atomic E-state index is 8.72. The summed E-state index contributed by atoms with van der Waals surface area (Å²) in [4.78, 5) is 3.67. The molecule has 0 fully saturated rings. The van der Waals surface area contributed by atoms with Gasteiger partial charge in [0.1, 0.15) is 0 Å². The van der Waals surface area contributed by atoms with Gasteiger partial charge in [-0.1, -0.05) is 20.8 Å². The molecule has 0 amide bonds. The van der Waals surface area contributed by atoms with Gasteiger partial charge in [-0.25, -0.2) is 10.1 Å². The van der Waals surface area contributed by atoms with E-state index in [1.807, 2.05) is 0 Å². The predicted octanol–water partition coefficient (Wildman–Crippen LogP) is 0.841. The molecule has 0 saturated carbocycles. The number of aliphatic hydroxyl groups excluding tert-OH is 1. The summed E-state index contributed by atoms with van der Waals surface area (Å²) in [6.45, 7) is 5.27. The van der Waals surface area contributed by atoms with Gasteiger partial charge in [0.05, 0.1) is 0 Å². The van der Waals surface area contributed by atoms with Crippen molar-refractivity contribution >= 4 is 0 Å². The lowest BCUT2D eigenvalue weighted by Crippen LogP contribution is -2.27. The molecule has 1 atom stereocenters. The van der Waals surface area contributed by atoms with E-state index in [-0.39, 0.29) is 0 Å². The summed E-state index contributed by atoms with van der Waals surface area (Å²) >= 11 is 0. The third kappa shape index (κ3) is 2.26. The van der Waals surface area contributed by atoms with Gasteiger partial charge in [0.15, 0.2) is 6.29 Å². The Morgan fingerprint density at radius 2 is 1.75 bits per heavy atom. The molecule has 3 nitrogen and oxygen atoms in total. The fourth-order valence-corrected chi connectivity index (χ4v) is 0.158. The van der Waals surface area contributed by atoms with E-state index in [2.05, 4.69) is 4.89 Å². The van der Waals surface area contributed by atoms with Crippen LogP contribution in [0, 0.1) is 5.41 Å². The average molecular weight is 120 g/mol. The Kier molecular flexibility index (Phi) is 2.40. The van der Waals surface area contributed by atoms with E-state index >= 15 is 0 Å². The Morgan fingerprint density at radius 3 is 1.75 bits per heavy atom. The first-order chi connectivity index (χ1) is 3.48. The molecule has 0 aromatic carbocycles. The highest BCUT2D eigenvalue weighted by Gasteiger charge is 2.22. The monoisotopic (exact) mass is 120 g/mol. The van der Waals surface area contributed by atoms with Crippen molar-refractivity contribution in [3.63, 3.8) is 0 Å². The lowest BCUT2D eigenvalue weighted by atomic mass is 9.96. The van der Waals surface area contributed by atoms with Crippen molar-refractivity contribution in [1.29, 1.82) is 0 Å². The fraction of sp³-hybridized carbons (Fsp3) is 1.00. The molecule has 0 spiro atoms. The average Bonchev–Trinajstić information content (AvgIpc) is 1.62. The van der Waals surface area contributed by atoms with Crippen LogP contribution in [0.5, 0.6) is 0 Å². The smallest absolute Gasteiger partial charge is 0.193 e. The summed E-state index contributed by atoms with van der Waals surface area (Å²) in [6.07, 6.45) is -1.09. The number of hydrogen-bond donors (Lipinski definition) is 2. The second kappa shape index (κ2) is 2.44. The van der Waals surface area contributed by atoms with E-state index in [4.69, 9.17) is 10.4 Å². The molecule has 0 aromatic rings. The Hall–Kier alpha value is -0.120. The summed E-state index contributed by atoms with van der Waals surface area (Å²) in [7, 11) is 0. The zero-order chi connectivity index (χ0) is 6.78. The van der Waals surface area contributed by atoms with Gasteiger partial charge < -0.3 is 5.11 Å². The second-order valence-electron chi connectivity index (χ2n) is 2.82. The third-order valence-corrected chi connectivity index (χ3v) is 0.841. The lowest BCUT2D eigenvalue weighted by Gasteiger charge is -2.21. The van der Waals surface area contributed by atoms with Gasteiger partial charge in [-0.2, -0.15) is 0 Å². The van der Waals surface area contributed by atoms with Crippen LogP contribution in [0.2, 0.25) is 0 Å². The summed E-state index contributed by atoms with van der Waals surface area (Å²) in [5.74, 6) is 0. The molecule has 0 aliphatic carbocycles. The molecule has 0 bridgehead atoms. The predicted molar refractivity (Wildman–Crippen MR) is 29.2 cm³/mol. The van der Waals surface area contributed by atoms with Gasteiger partial charge in [-0.3, -0.25) is 0 Å². The molecule has 0 aliphatic heterocycles. The quantitative estimate of drug-likeness (QED) is 0.306. The fourth-order valence-electron chi connectivity index (χ4n) is 0.158. The molecule has 0 rings (SSSR count). The maximum absolute atomic E-state index is 8.72. The van der Waals surface area contributed by atoms with Crippen molar-refractivity contribution in [3.8, 4) is 0 Å². The standard InChI is InChI=1S/C5H12O3/c1-5(2,3)4(6)8-7/h4,6-7H,1-3H3. The van der Waals surface area contributed by atoms with E-state index in [1.165, 1.54) is 0 Å². The van der Waals surface area contributed by atoms with Crippen molar-refractivity contribution in [3.05, 3.63) is 0 Å². The molecular formula is C5H12O3. The van der Waals surface area contributed by atoms with Crippen LogP contribution in [0.15, 0.2) is 0 Å². The van der Waals surface area contributed by atoms with Gasteiger partial charge in [0.25, 0.3) is 0 Å². The molecule has 2 N–H and O–H groups in total. The normalized spacial score (nSPS) is 16.1. The van der Waals surface area contributed by atoms with Crippen LogP contribution < -0.4 is 0 Å². The Morgan fingerprint density at radius 1 is 1.38 bits per heavy atom. The topological polar surface area (TPSA) is 49.7 Å². The number of aliphatic hydroxyl groups is 1. The highest BCUT2D eigenvalue weighted by Crippen LogP contribution is 2.18. The summed E-state index contributed by atoms with van der Waals surface area (Å²) in [5, 5.41) is 16.6. The highest BCUT2D eigenvalue weighted by atomic mass is 17.1. The van der Waals surface area contributed by atoms with Crippen molar-refractivity contribution < 1.29 is 15.3 Å². The van der Waals surface area contributed by atoms with E-state index < -0.39 is 11.7 Å².